The molecule has 0 aliphatic heterocycles. The molecule has 0 aliphatic carbocycles. The van der Waals surface area contributed by atoms with E-state index in [0.717, 1.165) is 12.0 Å². The van der Waals surface area contributed by atoms with Crippen LogP contribution < -0.4 is 0 Å². The van der Waals surface area contributed by atoms with Gasteiger partial charge in [-0.25, -0.2) is 4.39 Å². The number of hydrogen-bond acceptors (Lipinski definition) is 6. The fourth-order valence-electron chi connectivity index (χ4n) is 3.81. The number of carboxylic acid groups (broad SMARTS) is 1. The number of aliphatic carboxylic acids is 1. The van der Waals surface area contributed by atoms with Crippen molar-refractivity contribution in [1.29, 1.82) is 0 Å². The maximum atomic E-state index is 13.6. The molecule has 8 heteroatoms. The molecule has 3 unspecified atom stereocenters. The van der Waals surface area contributed by atoms with Gasteiger partial charge in [-0.3, -0.25) is 9.78 Å². The molecule has 180 valence electrons. The van der Waals surface area contributed by atoms with E-state index in [9.17, 15) is 29.6 Å². The highest BCUT2D eigenvalue weighted by Gasteiger charge is 2.22. The van der Waals surface area contributed by atoms with Crippen LogP contribution in [0.2, 0.25) is 0 Å². The van der Waals surface area contributed by atoms with Crippen LogP contribution in [0.3, 0.4) is 0 Å². The average molecular weight is 462 g/mol. The van der Waals surface area contributed by atoms with Crippen molar-refractivity contribution in [2.75, 3.05) is 6.61 Å². The SMILES string of the molecule is CCCc1c(C=CC(O)CC(O)CC(=O)O)nc(C(C)CO)c(CO)c1-c1ccc(F)cc1. The van der Waals surface area contributed by atoms with Gasteiger partial charge in [0.1, 0.15) is 5.82 Å². The van der Waals surface area contributed by atoms with Gasteiger partial charge in [0.25, 0.3) is 0 Å². The summed E-state index contributed by atoms with van der Waals surface area (Å²) >= 11 is 0. The maximum absolute atomic E-state index is 13.6. The normalized spacial score (nSPS) is 14.4. The molecule has 5 N–H and O–H groups in total. The number of pyridine rings is 1. The van der Waals surface area contributed by atoms with E-state index in [-0.39, 0.29) is 31.4 Å². The number of nitrogens with zero attached hydrogens (tertiary/aromatic N) is 1. The number of hydrogen-bond donors (Lipinski definition) is 5. The smallest absolute Gasteiger partial charge is 0.305 e. The monoisotopic (exact) mass is 461 g/mol. The Morgan fingerprint density at radius 1 is 1.15 bits per heavy atom. The van der Waals surface area contributed by atoms with Crippen molar-refractivity contribution < 1.29 is 34.7 Å². The molecule has 0 aliphatic rings. The summed E-state index contributed by atoms with van der Waals surface area (Å²) in [6, 6.07) is 5.93. The van der Waals surface area contributed by atoms with Gasteiger partial charge < -0.3 is 25.5 Å². The van der Waals surface area contributed by atoms with Crippen LogP contribution in [0, 0.1) is 5.82 Å². The zero-order valence-corrected chi connectivity index (χ0v) is 18.9. The number of benzene rings is 1. The van der Waals surface area contributed by atoms with E-state index >= 15 is 0 Å². The quantitative estimate of drug-likeness (QED) is 0.328. The summed E-state index contributed by atoms with van der Waals surface area (Å²) in [6.07, 6.45) is 1.49. The minimum Gasteiger partial charge on any atom is -0.481 e. The van der Waals surface area contributed by atoms with E-state index in [1.165, 1.54) is 18.2 Å². The van der Waals surface area contributed by atoms with Crippen LogP contribution in [0.25, 0.3) is 17.2 Å². The maximum Gasteiger partial charge on any atom is 0.305 e. The highest BCUT2D eigenvalue weighted by Crippen LogP contribution is 2.35. The van der Waals surface area contributed by atoms with E-state index in [4.69, 9.17) is 5.11 Å². The van der Waals surface area contributed by atoms with Crippen LogP contribution >= 0.6 is 0 Å². The first-order valence-corrected chi connectivity index (χ1v) is 11.0. The van der Waals surface area contributed by atoms with Gasteiger partial charge >= 0.3 is 5.97 Å². The lowest BCUT2D eigenvalue weighted by molar-refractivity contribution is -0.139. The molecule has 1 aromatic carbocycles. The standard InChI is InChI=1S/C25H32FNO6/c1-3-4-20-22(10-9-18(30)11-19(31)12-23(32)33)27-25(15(2)13-28)21(14-29)24(20)16-5-7-17(26)8-6-16/h5-10,15,18-19,28-31H,3-4,11-14H2,1-2H3,(H,32,33). The summed E-state index contributed by atoms with van der Waals surface area (Å²) in [5.41, 5.74) is 3.79. The first-order valence-electron chi connectivity index (χ1n) is 11.0. The number of carboxylic acids is 1. The molecule has 0 bridgehead atoms. The van der Waals surface area contributed by atoms with Crippen molar-refractivity contribution >= 4 is 12.0 Å². The van der Waals surface area contributed by atoms with Crippen LogP contribution in [0.1, 0.15) is 61.5 Å². The zero-order valence-electron chi connectivity index (χ0n) is 18.9. The van der Waals surface area contributed by atoms with Crippen molar-refractivity contribution in [2.24, 2.45) is 0 Å². The molecule has 3 atom stereocenters. The van der Waals surface area contributed by atoms with Gasteiger partial charge in [0.15, 0.2) is 0 Å². The van der Waals surface area contributed by atoms with Crippen LogP contribution in [-0.4, -0.2) is 55.3 Å². The molecule has 1 heterocycles. The predicted octanol–water partition coefficient (Wildman–Crippen LogP) is 3.03. The summed E-state index contributed by atoms with van der Waals surface area (Å²) in [5, 5.41) is 48.8. The van der Waals surface area contributed by atoms with Gasteiger partial charge in [-0.05, 0) is 41.3 Å². The second-order valence-corrected chi connectivity index (χ2v) is 8.13. The third-order valence-corrected chi connectivity index (χ3v) is 5.39. The molecule has 0 saturated carbocycles. The third-order valence-electron chi connectivity index (χ3n) is 5.39. The van der Waals surface area contributed by atoms with Crippen LogP contribution in [-0.2, 0) is 17.8 Å². The van der Waals surface area contributed by atoms with E-state index in [2.05, 4.69) is 4.98 Å². The lowest BCUT2D eigenvalue weighted by atomic mass is 9.87. The van der Waals surface area contributed by atoms with Gasteiger partial charge in [-0.15, -0.1) is 0 Å². The Kier molecular flexibility index (Phi) is 10.1. The largest absolute Gasteiger partial charge is 0.481 e. The van der Waals surface area contributed by atoms with Crippen molar-refractivity contribution in [3.05, 3.63) is 58.7 Å². The predicted molar refractivity (Wildman–Crippen MR) is 123 cm³/mol. The first kappa shape index (κ1) is 26.6. The second-order valence-electron chi connectivity index (χ2n) is 8.13. The summed E-state index contributed by atoms with van der Waals surface area (Å²) in [6.45, 7) is 3.26. The lowest BCUT2D eigenvalue weighted by Crippen LogP contribution is -2.19. The second kappa shape index (κ2) is 12.6. The molecule has 0 saturated heterocycles. The molecule has 7 nitrogen and oxygen atoms in total. The van der Waals surface area contributed by atoms with Crippen LogP contribution in [0.15, 0.2) is 30.3 Å². The summed E-state index contributed by atoms with van der Waals surface area (Å²) in [5.74, 6) is -1.92. The van der Waals surface area contributed by atoms with Gasteiger partial charge in [0, 0.05) is 17.9 Å². The molecular weight excluding hydrogens is 429 g/mol. The topological polar surface area (TPSA) is 131 Å². The summed E-state index contributed by atoms with van der Waals surface area (Å²) in [7, 11) is 0. The Hall–Kier alpha value is -2.65. The van der Waals surface area contributed by atoms with Gasteiger partial charge in [-0.1, -0.05) is 38.5 Å². The zero-order chi connectivity index (χ0) is 24.5. The van der Waals surface area contributed by atoms with Crippen molar-refractivity contribution in [1.82, 2.24) is 4.98 Å². The summed E-state index contributed by atoms with van der Waals surface area (Å²) < 4.78 is 13.6. The van der Waals surface area contributed by atoms with Gasteiger partial charge in [0.05, 0.1) is 43.2 Å². The Morgan fingerprint density at radius 3 is 2.36 bits per heavy atom. The Morgan fingerprint density at radius 2 is 1.82 bits per heavy atom. The fourth-order valence-corrected chi connectivity index (χ4v) is 3.81. The minimum atomic E-state index is -1.19. The molecule has 2 aromatic rings. The molecule has 0 spiro atoms. The van der Waals surface area contributed by atoms with Crippen molar-refractivity contribution in [3.8, 4) is 11.1 Å². The van der Waals surface area contributed by atoms with Crippen molar-refractivity contribution in [3.63, 3.8) is 0 Å². The average Bonchev–Trinajstić information content (AvgIpc) is 2.77. The van der Waals surface area contributed by atoms with Crippen LogP contribution in [0.4, 0.5) is 4.39 Å². The highest BCUT2D eigenvalue weighted by atomic mass is 19.1. The molecule has 33 heavy (non-hydrogen) atoms. The molecule has 1 aromatic heterocycles. The number of aliphatic hydroxyl groups excluding tert-OH is 4. The number of rotatable bonds is 12. The third kappa shape index (κ3) is 7.17. The summed E-state index contributed by atoms with van der Waals surface area (Å²) in [4.78, 5) is 15.4. The highest BCUT2D eigenvalue weighted by molar-refractivity contribution is 5.76. The van der Waals surface area contributed by atoms with Crippen LogP contribution in [0.5, 0.6) is 0 Å². The first-order chi connectivity index (χ1) is 15.7. The lowest BCUT2D eigenvalue weighted by Gasteiger charge is -2.22. The Balaban J connectivity index is 2.62. The minimum absolute atomic E-state index is 0.147. The van der Waals surface area contributed by atoms with Gasteiger partial charge in [0.2, 0.25) is 0 Å². The number of carbonyl (C=O) groups is 1. The Bertz CT molecular complexity index is 960. The van der Waals surface area contributed by atoms with E-state index < -0.39 is 24.6 Å². The van der Waals surface area contributed by atoms with Gasteiger partial charge in [-0.2, -0.15) is 0 Å². The Labute approximate surface area is 192 Å². The fraction of sp³-hybridized carbons (Fsp3) is 0.440. The van der Waals surface area contributed by atoms with Crippen molar-refractivity contribution in [2.45, 2.75) is 64.3 Å². The van der Waals surface area contributed by atoms with E-state index in [1.54, 1.807) is 25.1 Å². The molecule has 2 rings (SSSR count). The number of aromatic nitrogens is 1. The molecule has 0 radical (unpaired) electrons. The molecular formula is C25H32FNO6. The molecule has 0 amide bonds. The van der Waals surface area contributed by atoms with E-state index in [0.29, 0.717) is 34.5 Å². The van der Waals surface area contributed by atoms with E-state index in [1.807, 2.05) is 6.92 Å². The number of halogens is 1. The number of aliphatic hydroxyl groups is 4. The molecule has 0 fully saturated rings.